The molecule has 7 heteroatoms. The number of alkyl halides is 1. The topological polar surface area (TPSA) is 78.9 Å². The molecule has 4 atom stereocenters. The molecular formula is C30H33IO6. The summed E-state index contributed by atoms with van der Waals surface area (Å²) in [5, 5.41) is 0. The van der Waals surface area contributed by atoms with Crippen LogP contribution in [0.4, 0.5) is 0 Å². The van der Waals surface area contributed by atoms with Crippen molar-refractivity contribution in [3.05, 3.63) is 83.5 Å². The van der Waals surface area contributed by atoms with E-state index in [-0.39, 0.29) is 19.2 Å². The highest BCUT2D eigenvalue weighted by molar-refractivity contribution is 14.1. The molecule has 196 valence electrons. The lowest BCUT2D eigenvalue weighted by Gasteiger charge is -2.32. The van der Waals surface area contributed by atoms with Crippen molar-refractivity contribution in [1.82, 2.24) is 0 Å². The summed E-state index contributed by atoms with van der Waals surface area (Å²) in [6.07, 6.45) is 16.9. The fraction of sp³-hybridized carbons (Fsp3) is 0.433. The Morgan fingerprint density at radius 2 is 1.35 bits per heavy atom. The number of benzene rings is 1. The Hall–Kier alpha value is -2.68. The van der Waals surface area contributed by atoms with E-state index < -0.39 is 33.8 Å². The van der Waals surface area contributed by atoms with Crippen LogP contribution in [0.25, 0.3) is 0 Å². The molecule has 3 aliphatic rings. The number of carbonyl (C=O) groups is 3. The predicted molar refractivity (Wildman–Crippen MR) is 148 cm³/mol. The average Bonchev–Trinajstić information content (AvgIpc) is 2.95. The fourth-order valence-electron chi connectivity index (χ4n) is 4.86. The lowest BCUT2D eigenvalue weighted by Crippen LogP contribution is -2.37. The predicted octanol–water partition coefficient (Wildman–Crippen LogP) is 6.16. The first kappa shape index (κ1) is 27.4. The minimum Gasteiger partial charge on any atom is -0.461 e. The minimum atomic E-state index is -0.584. The molecule has 0 amide bonds. The van der Waals surface area contributed by atoms with Gasteiger partial charge in [0.2, 0.25) is 0 Å². The third kappa shape index (κ3) is 8.15. The molecule has 0 saturated heterocycles. The molecule has 0 spiro atoms. The number of hydrogen-bond donors (Lipinski definition) is 0. The smallest absolute Gasteiger partial charge is 0.310 e. The van der Waals surface area contributed by atoms with Crippen molar-refractivity contribution in [2.24, 2.45) is 17.8 Å². The van der Waals surface area contributed by atoms with Gasteiger partial charge in [-0.05, 0) is 84.2 Å². The van der Waals surface area contributed by atoms with Crippen LogP contribution in [-0.4, -0.2) is 28.6 Å². The maximum absolute atomic E-state index is 13.2. The second-order valence-corrected chi connectivity index (χ2v) is 10.8. The molecule has 6 nitrogen and oxygen atoms in total. The minimum absolute atomic E-state index is 0.150. The molecule has 1 saturated carbocycles. The van der Waals surface area contributed by atoms with Crippen LogP contribution in [0.3, 0.4) is 0 Å². The average molecular weight is 616 g/mol. The number of esters is 3. The molecule has 0 aromatic heterocycles. The van der Waals surface area contributed by atoms with Crippen LogP contribution < -0.4 is 0 Å². The molecule has 4 unspecified atom stereocenters. The van der Waals surface area contributed by atoms with E-state index in [1.54, 1.807) is 0 Å². The van der Waals surface area contributed by atoms with Crippen molar-refractivity contribution in [3.8, 4) is 0 Å². The Kier molecular flexibility index (Phi) is 10.2. The first-order chi connectivity index (χ1) is 18.0. The summed E-state index contributed by atoms with van der Waals surface area (Å²) >= 11 is 2.11. The number of halogens is 1. The molecule has 0 aliphatic heterocycles. The Morgan fingerprint density at radius 3 is 1.95 bits per heavy atom. The summed E-state index contributed by atoms with van der Waals surface area (Å²) in [5.74, 6) is -2.92. The van der Waals surface area contributed by atoms with Gasteiger partial charge in [-0.2, -0.15) is 0 Å². The SMILES string of the molecule is O=C(OCC1=CCCC=C1)C1CC(C(=O)OCc2ccccc2)CC(C(=O)OC(I)C2=CCCC=C2)C1. The molecular weight excluding hydrogens is 583 g/mol. The standard InChI is InChI=1S/C30H33IO6/c31-27(23-14-8-3-9-15-23)37-30(34)26-17-24(28(32)35-19-21-10-4-1-5-11-21)16-25(18-26)29(33)36-20-22-12-6-2-7-13-22/h1,4-6,8,10-15,24-27H,2-3,7,9,16-20H2. The van der Waals surface area contributed by atoms with Crippen molar-refractivity contribution in [1.29, 1.82) is 0 Å². The maximum Gasteiger partial charge on any atom is 0.310 e. The Morgan fingerprint density at radius 1 is 0.757 bits per heavy atom. The molecule has 0 bridgehead atoms. The number of allylic oxidation sites excluding steroid dienone is 4. The quantitative estimate of drug-likeness (QED) is 0.143. The monoisotopic (exact) mass is 616 g/mol. The second kappa shape index (κ2) is 13.7. The molecule has 4 rings (SSSR count). The number of carbonyl (C=O) groups excluding carboxylic acids is 3. The number of ether oxygens (including phenoxy) is 3. The van der Waals surface area contributed by atoms with Gasteiger partial charge < -0.3 is 14.2 Å². The molecule has 1 aromatic rings. The van der Waals surface area contributed by atoms with E-state index in [9.17, 15) is 14.4 Å². The molecule has 1 fully saturated rings. The zero-order valence-corrected chi connectivity index (χ0v) is 23.0. The highest BCUT2D eigenvalue weighted by Crippen LogP contribution is 2.37. The van der Waals surface area contributed by atoms with Crippen LogP contribution in [-0.2, 0) is 35.2 Å². The lowest BCUT2D eigenvalue weighted by molar-refractivity contribution is -0.161. The van der Waals surface area contributed by atoms with Crippen LogP contribution in [0.2, 0.25) is 0 Å². The summed E-state index contributed by atoms with van der Waals surface area (Å²) in [4.78, 5) is 39.2. The number of hydrogen-bond acceptors (Lipinski definition) is 6. The Labute approximate surface area is 232 Å². The lowest BCUT2D eigenvalue weighted by atomic mass is 9.75. The van der Waals surface area contributed by atoms with Crippen molar-refractivity contribution in [2.45, 2.75) is 55.7 Å². The van der Waals surface area contributed by atoms with Gasteiger partial charge in [-0.3, -0.25) is 14.4 Å². The van der Waals surface area contributed by atoms with Crippen molar-refractivity contribution < 1.29 is 28.6 Å². The van der Waals surface area contributed by atoms with Crippen molar-refractivity contribution in [2.75, 3.05) is 6.61 Å². The van der Waals surface area contributed by atoms with Gasteiger partial charge in [0.15, 0.2) is 4.11 Å². The molecule has 3 aliphatic carbocycles. The summed E-state index contributed by atoms with van der Waals surface area (Å²) < 4.78 is 16.5. The first-order valence-corrected chi connectivity index (χ1v) is 14.2. The molecule has 37 heavy (non-hydrogen) atoms. The van der Waals surface area contributed by atoms with Gasteiger partial charge in [-0.25, -0.2) is 0 Å². The Balaban J connectivity index is 1.41. The third-order valence-corrected chi connectivity index (χ3v) is 7.86. The van der Waals surface area contributed by atoms with Gasteiger partial charge in [0, 0.05) is 0 Å². The molecule has 1 aromatic carbocycles. The van der Waals surface area contributed by atoms with Crippen LogP contribution >= 0.6 is 22.6 Å². The fourth-order valence-corrected chi connectivity index (χ4v) is 5.57. The van der Waals surface area contributed by atoms with Gasteiger partial charge in [-0.1, -0.05) is 66.8 Å². The summed E-state index contributed by atoms with van der Waals surface area (Å²) in [6, 6.07) is 9.44. The molecule has 0 heterocycles. The first-order valence-electron chi connectivity index (χ1n) is 12.9. The summed E-state index contributed by atoms with van der Waals surface area (Å²) in [7, 11) is 0. The van der Waals surface area contributed by atoms with E-state index in [1.807, 2.05) is 42.5 Å². The number of rotatable bonds is 9. The van der Waals surface area contributed by atoms with Gasteiger partial charge in [0.05, 0.1) is 17.8 Å². The van der Waals surface area contributed by atoms with Crippen LogP contribution in [0, 0.1) is 17.8 Å². The van der Waals surface area contributed by atoms with Gasteiger partial charge >= 0.3 is 17.9 Å². The van der Waals surface area contributed by atoms with E-state index in [0.717, 1.165) is 42.4 Å². The zero-order valence-electron chi connectivity index (χ0n) is 20.9. The summed E-state index contributed by atoms with van der Waals surface area (Å²) in [5.41, 5.74) is 2.81. The van der Waals surface area contributed by atoms with Crippen LogP contribution in [0.1, 0.15) is 50.5 Å². The molecule has 0 radical (unpaired) electrons. The highest BCUT2D eigenvalue weighted by atomic mass is 127. The van der Waals surface area contributed by atoms with E-state index in [1.165, 1.54) is 0 Å². The van der Waals surface area contributed by atoms with E-state index >= 15 is 0 Å². The highest BCUT2D eigenvalue weighted by Gasteiger charge is 2.41. The van der Waals surface area contributed by atoms with E-state index in [4.69, 9.17) is 14.2 Å². The second-order valence-electron chi connectivity index (χ2n) is 9.69. The van der Waals surface area contributed by atoms with Gasteiger partial charge in [0.25, 0.3) is 0 Å². The Bertz CT molecular complexity index is 1090. The maximum atomic E-state index is 13.2. The summed E-state index contributed by atoms with van der Waals surface area (Å²) in [6.45, 7) is 0.345. The van der Waals surface area contributed by atoms with Crippen LogP contribution in [0.15, 0.2) is 77.9 Å². The zero-order chi connectivity index (χ0) is 26.0. The van der Waals surface area contributed by atoms with Crippen LogP contribution in [0.5, 0.6) is 0 Å². The van der Waals surface area contributed by atoms with Crippen molar-refractivity contribution in [3.63, 3.8) is 0 Å². The van der Waals surface area contributed by atoms with Gasteiger partial charge in [-0.15, -0.1) is 0 Å². The van der Waals surface area contributed by atoms with E-state index in [0.29, 0.717) is 19.3 Å². The normalized spacial score (nSPS) is 23.9. The van der Waals surface area contributed by atoms with Gasteiger partial charge in [0.1, 0.15) is 13.2 Å². The van der Waals surface area contributed by atoms with E-state index in [2.05, 4.69) is 46.9 Å². The molecule has 0 N–H and O–H groups in total. The van der Waals surface area contributed by atoms with Crippen molar-refractivity contribution >= 4 is 40.5 Å². The largest absolute Gasteiger partial charge is 0.461 e. The third-order valence-electron chi connectivity index (χ3n) is 6.89.